The molecule has 1 aliphatic rings. The van der Waals surface area contributed by atoms with Gasteiger partial charge in [0.05, 0.1) is 6.42 Å². The lowest BCUT2D eigenvalue weighted by Gasteiger charge is -2.35. The Morgan fingerprint density at radius 3 is 2.62 bits per heavy atom. The lowest BCUT2D eigenvalue weighted by atomic mass is 9.99. The number of carbonyl (C=O) groups is 4. The average molecular weight is 472 g/mol. The first kappa shape index (κ1) is 25.3. The van der Waals surface area contributed by atoms with E-state index in [-0.39, 0.29) is 5.69 Å². The van der Waals surface area contributed by atoms with E-state index in [0.717, 1.165) is 5.39 Å². The number of hydrogen-bond acceptors (Lipinski definition) is 6. The largest absolute Gasteiger partial charge is 0.460 e. The van der Waals surface area contributed by atoms with Crippen LogP contribution in [0.1, 0.15) is 56.9 Å². The number of likely N-dealkylation sites (tertiary alicyclic amines) is 1. The average Bonchev–Trinajstić information content (AvgIpc) is 2.81. The molecule has 3 rings (SSSR count). The van der Waals surface area contributed by atoms with Gasteiger partial charge in [-0.3, -0.25) is 24.2 Å². The number of aromatic nitrogens is 1. The quantitative estimate of drug-likeness (QED) is 0.623. The molecule has 1 aliphatic heterocycles. The molecule has 34 heavy (non-hydrogen) atoms. The summed E-state index contributed by atoms with van der Waals surface area (Å²) in [5.41, 5.74) is -0.550. The highest BCUT2D eigenvalue weighted by atomic mass is 19.1. The van der Waals surface area contributed by atoms with Gasteiger partial charge in [0.25, 0.3) is 5.91 Å². The molecule has 8 nitrogen and oxygen atoms in total. The Hall–Kier alpha value is -3.36. The van der Waals surface area contributed by atoms with Crippen molar-refractivity contribution in [3.05, 3.63) is 42.2 Å². The number of piperidine rings is 1. The first-order valence-corrected chi connectivity index (χ1v) is 11.4. The molecule has 1 N–H and O–H groups in total. The number of carbonyl (C=O) groups excluding carboxylic acids is 4. The van der Waals surface area contributed by atoms with Crippen molar-refractivity contribution in [1.82, 2.24) is 15.2 Å². The molecule has 2 atom stereocenters. The molecular formula is C25H30FN3O5. The fraction of sp³-hybridized carbons (Fsp3) is 0.480. The number of rotatable bonds is 7. The number of hydrogen-bond donors (Lipinski definition) is 1. The summed E-state index contributed by atoms with van der Waals surface area (Å²) in [6, 6.07) is 6.91. The van der Waals surface area contributed by atoms with E-state index in [4.69, 9.17) is 4.74 Å². The number of fused-ring (bicyclic) bond motifs is 1. The third-order valence-corrected chi connectivity index (χ3v) is 5.57. The van der Waals surface area contributed by atoms with E-state index in [1.54, 1.807) is 39.1 Å². The highest BCUT2D eigenvalue weighted by molar-refractivity contribution is 6.06. The maximum absolute atomic E-state index is 13.4. The third kappa shape index (κ3) is 6.15. The van der Waals surface area contributed by atoms with Gasteiger partial charge in [0, 0.05) is 18.1 Å². The molecule has 2 heterocycles. The minimum absolute atomic E-state index is 0.239. The summed E-state index contributed by atoms with van der Waals surface area (Å²) in [5.74, 6) is -2.65. The second kappa shape index (κ2) is 10.7. The third-order valence-electron chi connectivity index (χ3n) is 5.57. The topological polar surface area (TPSA) is 106 Å². The molecule has 0 aliphatic carbocycles. The van der Waals surface area contributed by atoms with Gasteiger partial charge in [-0.1, -0.05) is 24.3 Å². The number of nitrogens with zero attached hydrogens (tertiary/aromatic N) is 2. The van der Waals surface area contributed by atoms with Gasteiger partial charge in [-0.05, 0) is 51.5 Å². The maximum atomic E-state index is 13.4. The van der Waals surface area contributed by atoms with E-state index in [1.165, 1.54) is 4.90 Å². The normalized spacial score (nSPS) is 17.2. The molecule has 0 radical (unpaired) electrons. The van der Waals surface area contributed by atoms with Crippen molar-refractivity contribution in [1.29, 1.82) is 0 Å². The predicted molar refractivity (Wildman–Crippen MR) is 124 cm³/mol. The number of Topliss-reactive ketones (excluding diaryl/α,β-unsaturated/α-hetero) is 1. The second-order valence-electron chi connectivity index (χ2n) is 9.34. The van der Waals surface area contributed by atoms with E-state index in [0.29, 0.717) is 31.2 Å². The minimum atomic E-state index is -1.37. The van der Waals surface area contributed by atoms with E-state index >= 15 is 0 Å². The molecule has 1 fully saturated rings. The minimum Gasteiger partial charge on any atom is -0.460 e. The number of ketones is 1. The van der Waals surface area contributed by atoms with Crippen LogP contribution in [0, 0.1) is 0 Å². The van der Waals surface area contributed by atoms with Crippen molar-refractivity contribution in [2.24, 2.45) is 0 Å². The Morgan fingerprint density at radius 1 is 1.18 bits per heavy atom. The van der Waals surface area contributed by atoms with Gasteiger partial charge in [-0.15, -0.1) is 0 Å². The van der Waals surface area contributed by atoms with Gasteiger partial charge in [0.1, 0.15) is 30.1 Å². The Morgan fingerprint density at radius 2 is 1.91 bits per heavy atom. The molecule has 1 unspecified atom stereocenters. The number of benzene rings is 1. The summed E-state index contributed by atoms with van der Waals surface area (Å²) in [4.78, 5) is 56.6. The van der Waals surface area contributed by atoms with Crippen molar-refractivity contribution < 1.29 is 28.3 Å². The zero-order valence-electron chi connectivity index (χ0n) is 19.7. The maximum Gasteiger partial charge on any atom is 0.308 e. The van der Waals surface area contributed by atoms with E-state index in [9.17, 15) is 23.6 Å². The highest BCUT2D eigenvalue weighted by Crippen LogP contribution is 2.23. The Kier molecular flexibility index (Phi) is 7.96. The molecule has 0 bridgehead atoms. The van der Waals surface area contributed by atoms with Gasteiger partial charge in [-0.25, -0.2) is 4.39 Å². The number of amides is 2. The lowest BCUT2D eigenvalue weighted by Crippen LogP contribution is -2.55. The van der Waals surface area contributed by atoms with Crippen molar-refractivity contribution in [3.8, 4) is 0 Å². The summed E-state index contributed by atoms with van der Waals surface area (Å²) in [5, 5.41) is 4.01. The number of ether oxygens (including phenoxy) is 1. The molecule has 0 spiro atoms. The molecular weight excluding hydrogens is 441 g/mol. The van der Waals surface area contributed by atoms with Crippen LogP contribution in [0.15, 0.2) is 36.5 Å². The molecule has 0 saturated carbocycles. The Bertz CT molecular complexity index is 1080. The molecule has 1 saturated heterocycles. The van der Waals surface area contributed by atoms with Gasteiger partial charge >= 0.3 is 5.97 Å². The van der Waals surface area contributed by atoms with Crippen LogP contribution in [0.25, 0.3) is 10.8 Å². The summed E-state index contributed by atoms with van der Waals surface area (Å²) in [6.07, 6.45) is 2.86. The summed E-state index contributed by atoms with van der Waals surface area (Å²) in [6.45, 7) is 4.02. The molecule has 2 aromatic rings. The van der Waals surface area contributed by atoms with Crippen LogP contribution in [0.2, 0.25) is 0 Å². The first-order chi connectivity index (χ1) is 16.1. The van der Waals surface area contributed by atoms with Crippen molar-refractivity contribution in [2.75, 3.05) is 13.2 Å². The number of halogens is 1. The van der Waals surface area contributed by atoms with Crippen molar-refractivity contribution in [3.63, 3.8) is 0 Å². The monoisotopic (exact) mass is 471 g/mol. The molecule has 2 amide bonds. The van der Waals surface area contributed by atoms with Gasteiger partial charge in [0.15, 0.2) is 5.78 Å². The lowest BCUT2D eigenvalue weighted by molar-refractivity contribution is -0.156. The van der Waals surface area contributed by atoms with Crippen LogP contribution in [0.3, 0.4) is 0 Å². The molecule has 1 aromatic heterocycles. The predicted octanol–water partition coefficient (Wildman–Crippen LogP) is 2.98. The zero-order chi connectivity index (χ0) is 24.9. The molecule has 182 valence electrons. The summed E-state index contributed by atoms with van der Waals surface area (Å²) in [7, 11) is 0. The Labute approximate surface area is 197 Å². The van der Waals surface area contributed by atoms with E-state index < -0.39 is 54.3 Å². The zero-order valence-corrected chi connectivity index (χ0v) is 19.7. The fourth-order valence-corrected chi connectivity index (χ4v) is 4.03. The second-order valence-corrected chi connectivity index (χ2v) is 9.34. The summed E-state index contributed by atoms with van der Waals surface area (Å²) >= 11 is 0. The Balaban J connectivity index is 1.80. The first-order valence-electron chi connectivity index (χ1n) is 11.4. The number of pyridine rings is 1. The fourth-order valence-electron chi connectivity index (χ4n) is 4.03. The molecule has 1 aromatic carbocycles. The number of alkyl halides is 1. The SMILES string of the molecule is CC(C)(C)OC(=O)CC(NC(=O)[C@@H]1CCCCN1C(=O)c1nccc2ccccc12)C(=O)CF. The van der Waals surface area contributed by atoms with Crippen molar-refractivity contribution >= 4 is 34.3 Å². The highest BCUT2D eigenvalue weighted by Gasteiger charge is 2.36. The van der Waals surface area contributed by atoms with Gasteiger partial charge in [0.2, 0.25) is 5.91 Å². The van der Waals surface area contributed by atoms with Crippen LogP contribution < -0.4 is 5.32 Å². The van der Waals surface area contributed by atoms with Gasteiger partial charge < -0.3 is 15.0 Å². The number of nitrogens with one attached hydrogen (secondary N) is 1. The smallest absolute Gasteiger partial charge is 0.308 e. The number of esters is 1. The van der Waals surface area contributed by atoms with Crippen molar-refractivity contribution in [2.45, 2.75) is 64.1 Å². The summed E-state index contributed by atoms with van der Waals surface area (Å²) < 4.78 is 18.4. The molecule has 9 heteroatoms. The van der Waals surface area contributed by atoms with Crippen LogP contribution in [0.5, 0.6) is 0 Å². The van der Waals surface area contributed by atoms with Crippen LogP contribution in [-0.4, -0.2) is 64.4 Å². The van der Waals surface area contributed by atoms with E-state index in [2.05, 4.69) is 10.3 Å². The van der Waals surface area contributed by atoms with Crippen LogP contribution in [0.4, 0.5) is 4.39 Å². The standard InChI is InChI=1S/C25H30FN3O5/c1-25(2,3)34-21(31)14-18(20(30)15-26)28-23(32)19-10-6-7-13-29(19)24(33)22-17-9-5-4-8-16(17)11-12-27-22/h4-5,8-9,11-12,18-19H,6-7,10,13-15H2,1-3H3,(H,28,32)/t18?,19-/m0/s1. The van der Waals surface area contributed by atoms with Crippen LogP contribution in [-0.2, 0) is 19.1 Å². The van der Waals surface area contributed by atoms with Crippen LogP contribution >= 0.6 is 0 Å². The van der Waals surface area contributed by atoms with Gasteiger partial charge in [-0.2, -0.15) is 0 Å². The van der Waals surface area contributed by atoms with E-state index in [1.807, 2.05) is 18.2 Å².